The highest BCUT2D eigenvalue weighted by molar-refractivity contribution is 5.42. The summed E-state index contributed by atoms with van der Waals surface area (Å²) in [5, 5.41) is 3.50. The van der Waals surface area contributed by atoms with Gasteiger partial charge in [0.05, 0.1) is 20.3 Å². The Morgan fingerprint density at radius 1 is 1.35 bits per heavy atom. The topological polar surface area (TPSA) is 39.7 Å². The molecule has 0 spiro atoms. The molecule has 1 fully saturated rings. The average molecular weight is 279 g/mol. The van der Waals surface area contributed by atoms with Crippen LogP contribution in [0.1, 0.15) is 25.3 Å². The number of nitrogens with one attached hydrogen (secondary N) is 1. The van der Waals surface area contributed by atoms with Crippen LogP contribution in [0, 0.1) is 5.92 Å². The summed E-state index contributed by atoms with van der Waals surface area (Å²) in [5.74, 6) is 2.25. The van der Waals surface area contributed by atoms with E-state index in [9.17, 15) is 0 Å². The van der Waals surface area contributed by atoms with Crippen LogP contribution < -0.4 is 14.8 Å². The van der Waals surface area contributed by atoms with Gasteiger partial charge in [-0.1, -0.05) is 6.07 Å². The first kappa shape index (κ1) is 15.1. The summed E-state index contributed by atoms with van der Waals surface area (Å²) in [6.45, 7) is 6.29. The van der Waals surface area contributed by atoms with Crippen molar-refractivity contribution in [2.75, 3.05) is 33.5 Å². The molecule has 0 bridgehead atoms. The zero-order valence-electron chi connectivity index (χ0n) is 12.5. The lowest BCUT2D eigenvalue weighted by molar-refractivity contribution is 0.0547. The maximum Gasteiger partial charge on any atom is 0.161 e. The van der Waals surface area contributed by atoms with E-state index < -0.39 is 0 Å². The van der Waals surface area contributed by atoms with E-state index in [2.05, 4.69) is 11.4 Å². The minimum atomic E-state index is 0.647. The second kappa shape index (κ2) is 8.12. The summed E-state index contributed by atoms with van der Waals surface area (Å²) in [6.07, 6.45) is 2.45. The molecule has 20 heavy (non-hydrogen) atoms. The van der Waals surface area contributed by atoms with Gasteiger partial charge in [0.1, 0.15) is 0 Å². The predicted octanol–water partition coefficient (Wildman–Crippen LogP) is 2.61. The fourth-order valence-electron chi connectivity index (χ4n) is 2.49. The largest absolute Gasteiger partial charge is 0.493 e. The van der Waals surface area contributed by atoms with Gasteiger partial charge in [-0.3, -0.25) is 0 Å². The Morgan fingerprint density at radius 2 is 2.25 bits per heavy atom. The molecular formula is C16H25NO3. The number of hydrogen-bond acceptors (Lipinski definition) is 4. The SMILES string of the molecule is CCOc1ccc(CNCC2CCCOC2)cc1OC. The predicted molar refractivity (Wildman–Crippen MR) is 79.4 cm³/mol. The Balaban J connectivity index is 1.82. The second-order valence-corrected chi connectivity index (χ2v) is 5.13. The fourth-order valence-corrected chi connectivity index (χ4v) is 2.49. The molecule has 112 valence electrons. The Labute approximate surface area is 121 Å². The standard InChI is InChI=1S/C16H25NO3/c1-3-20-15-7-6-13(9-16(15)18-2)10-17-11-14-5-4-8-19-12-14/h6-7,9,14,17H,3-5,8,10-12H2,1-2H3. The van der Waals surface area contributed by atoms with Gasteiger partial charge < -0.3 is 19.5 Å². The van der Waals surface area contributed by atoms with Crippen molar-refractivity contribution in [3.63, 3.8) is 0 Å². The van der Waals surface area contributed by atoms with Crippen molar-refractivity contribution in [1.29, 1.82) is 0 Å². The summed E-state index contributed by atoms with van der Waals surface area (Å²) in [4.78, 5) is 0. The molecule has 1 N–H and O–H groups in total. The van der Waals surface area contributed by atoms with E-state index in [0.717, 1.165) is 37.8 Å². The molecule has 1 heterocycles. The van der Waals surface area contributed by atoms with Crippen LogP contribution in [0.4, 0.5) is 0 Å². The molecule has 1 saturated heterocycles. The first-order chi connectivity index (χ1) is 9.83. The number of methoxy groups -OCH3 is 1. The first-order valence-corrected chi connectivity index (χ1v) is 7.41. The molecule has 2 rings (SSSR count). The molecule has 0 radical (unpaired) electrons. The number of benzene rings is 1. The maximum atomic E-state index is 5.52. The third kappa shape index (κ3) is 4.39. The molecule has 4 heteroatoms. The molecule has 1 aromatic carbocycles. The summed E-state index contributed by atoms with van der Waals surface area (Å²) in [7, 11) is 1.68. The van der Waals surface area contributed by atoms with Crippen LogP contribution in [0.3, 0.4) is 0 Å². The van der Waals surface area contributed by atoms with Crippen molar-refractivity contribution >= 4 is 0 Å². The van der Waals surface area contributed by atoms with Gasteiger partial charge >= 0.3 is 0 Å². The molecule has 1 atom stereocenters. The summed E-state index contributed by atoms with van der Waals surface area (Å²) < 4.78 is 16.4. The molecular weight excluding hydrogens is 254 g/mol. The summed E-state index contributed by atoms with van der Waals surface area (Å²) in [6, 6.07) is 6.09. The molecule has 0 saturated carbocycles. The minimum absolute atomic E-state index is 0.647. The fraction of sp³-hybridized carbons (Fsp3) is 0.625. The second-order valence-electron chi connectivity index (χ2n) is 5.13. The molecule has 1 aliphatic heterocycles. The lowest BCUT2D eigenvalue weighted by atomic mass is 10.0. The van der Waals surface area contributed by atoms with Crippen LogP contribution in [-0.2, 0) is 11.3 Å². The van der Waals surface area contributed by atoms with E-state index in [4.69, 9.17) is 14.2 Å². The summed E-state index contributed by atoms with van der Waals surface area (Å²) >= 11 is 0. The quantitative estimate of drug-likeness (QED) is 0.833. The van der Waals surface area contributed by atoms with Crippen molar-refractivity contribution < 1.29 is 14.2 Å². The monoisotopic (exact) mass is 279 g/mol. The van der Waals surface area contributed by atoms with E-state index in [1.54, 1.807) is 7.11 Å². The molecule has 1 aromatic rings. The zero-order chi connectivity index (χ0) is 14.2. The van der Waals surface area contributed by atoms with Gasteiger partial charge in [0.25, 0.3) is 0 Å². The van der Waals surface area contributed by atoms with Crippen molar-refractivity contribution in [2.45, 2.75) is 26.3 Å². The maximum absolute atomic E-state index is 5.52. The van der Waals surface area contributed by atoms with E-state index in [1.807, 2.05) is 19.1 Å². The van der Waals surface area contributed by atoms with E-state index in [-0.39, 0.29) is 0 Å². The Morgan fingerprint density at radius 3 is 2.95 bits per heavy atom. The normalized spacial score (nSPS) is 18.8. The van der Waals surface area contributed by atoms with Crippen LogP contribution in [0.25, 0.3) is 0 Å². The van der Waals surface area contributed by atoms with Crippen LogP contribution in [-0.4, -0.2) is 33.5 Å². The molecule has 1 aliphatic rings. The molecule has 0 aromatic heterocycles. The van der Waals surface area contributed by atoms with Crippen LogP contribution in [0.15, 0.2) is 18.2 Å². The summed E-state index contributed by atoms with van der Waals surface area (Å²) in [5.41, 5.74) is 1.21. The third-order valence-corrected chi connectivity index (χ3v) is 3.54. The van der Waals surface area contributed by atoms with E-state index >= 15 is 0 Å². The van der Waals surface area contributed by atoms with Gasteiger partial charge in [0, 0.05) is 19.7 Å². The van der Waals surface area contributed by atoms with Gasteiger partial charge in [-0.25, -0.2) is 0 Å². The zero-order valence-corrected chi connectivity index (χ0v) is 12.5. The number of hydrogen-bond donors (Lipinski definition) is 1. The Bertz CT molecular complexity index is 403. The lowest BCUT2D eigenvalue weighted by Crippen LogP contribution is -2.28. The van der Waals surface area contributed by atoms with Crippen molar-refractivity contribution in [2.24, 2.45) is 5.92 Å². The molecule has 4 nitrogen and oxygen atoms in total. The highest BCUT2D eigenvalue weighted by atomic mass is 16.5. The minimum Gasteiger partial charge on any atom is -0.493 e. The lowest BCUT2D eigenvalue weighted by Gasteiger charge is -2.22. The van der Waals surface area contributed by atoms with E-state index in [0.29, 0.717) is 12.5 Å². The van der Waals surface area contributed by atoms with Gasteiger partial charge in [0.15, 0.2) is 11.5 Å². The Hall–Kier alpha value is -1.26. The highest BCUT2D eigenvalue weighted by Gasteiger charge is 2.13. The van der Waals surface area contributed by atoms with Crippen molar-refractivity contribution in [3.8, 4) is 11.5 Å². The Kier molecular flexibility index (Phi) is 6.15. The van der Waals surface area contributed by atoms with Crippen molar-refractivity contribution in [1.82, 2.24) is 5.32 Å². The van der Waals surface area contributed by atoms with Gasteiger partial charge in [-0.2, -0.15) is 0 Å². The number of ether oxygens (including phenoxy) is 3. The smallest absolute Gasteiger partial charge is 0.161 e. The van der Waals surface area contributed by atoms with Gasteiger partial charge in [-0.05, 0) is 43.4 Å². The average Bonchev–Trinajstić information content (AvgIpc) is 2.50. The van der Waals surface area contributed by atoms with Crippen LogP contribution in [0.5, 0.6) is 11.5 Å². The highest BCUT2D eigenvalue weighted by Crippen LogP contribution is 2.28. The van der Waals surface area contributed by atoms with E-state index in [1.165, 1.54) is 18.4 Å². The van der Waals surface area contributed by atoms with Gasteiger partial charge in [0.2, 0.25) is 0 Å². The van der Waals surface area contributed by atoms with Gasteiger partial charge in [-0.15, -0.1) is 0 Å². The molecule has 0 aliphatic carbocycles. The molecule has 0 amide bonds. The third-order valence-electron chi connectivity index (χ3n) is 3.54. The first-order valence-electron chi connectivity index (χ1n) is 7.41. The van der Waals surface area contributed by atoms with Crippen molar-refractivity contribution in [3.05, 3.63) is 23.8 Å². The number of rotatable bonds is 7. The molecule has 1 unspecified atom stereocenters. The van der Waals surface area contributed by atoms with Crippen LogP contribution in [0.2, 0.25) is 0 Å². The van der Waals surface area contributed by atoms with Crippen LogP contribution >= 0.6 is 0 Å².